The van der Waals surface area contributed by atoms with Crippen molar-refractivity contribution in [1.82, 2.24) is 4.98 Å². The maximum Gasteiger partial charge on any atom is 0.343 e. The molecule has 0 spiro atoms. The van der Waals surface area contributed by atoms with Crippen LogP contribution >= 0.6 is 0 Å². The lowest BCUT2D eigenvalue weighted by atomic mass is 10.1. The molecule has 114 valence electrons. The molecule has 4 nitrogen and oxygen atoms in total. The van der Waals surface area contributed by atoms with Gasteiger partial charge >= 0.3 is 5.97 Å². The maximum absolute atomic E-state index is 11.9. The summed E-state index contributed by atoms with van der Waals surface area (Å²) in [5, 5.41) is 0.836. The van der Waals surface area contributed by atoms with Gasteiger partial charge in [-0.1, -0.05) is 39.3 Å². The first-order chi connectivity index (χ1) is 10.2. The van der Waals surface area contributed by atoms with Crippen LogP contribution in [0.4, 0.5) is 0 Å². The quantitative estimate of drug-likeness (QED) is 0.873. The van der Waals surface area contributed by atoms with Gasteiger partial charge in [0.05, 0.1) is 6.61 Å². The van der Waals surface area contributed by atoms with Gasteiger partial charge in [0.15, 0.2) is 0 Å². The lowest BCUT2D eigenvalue weighted by Crippen LogP contribution is -2.19. The third-order valence-corrected chi connectivity index (χ3v) is 2.94. The van der Waals surface area contributed by atoms with Crippen molar-refractivity contribution in [2.45, 2.75) is 40.5 Å². The lowest BCUT2D eigenvalue weighted by molar-refractivity contribution is 0.0524. The average molecular weight is 289 g/mol. The zero-order chi connectivity index (χ0) is 15.8. The second kappa shape index (κ2) is 8.25. The van der Waals surface area contributed by atoms with Crippen LogP contribution in [0, 0.1) is 0 Å². The van der Waals surface area contributed by atoms with Crippen LogP contribution in [0.25, 0.3) is 10.9 Å². The highest BCUT2D eigenvalue weighted by atomic mass is 16.5. The Labute approximate surface area is 125 Å². The summed E-state index contributed by atoms with van der Waals surface area (Å²) in [7, 11) is 0. The highest BCUT2D eigenvalue weighted by Crippen LogP contribution is 2.15. The molecule has 1 aromatic heterocycles. The average Bonchev–Trinajstić information content (AvgIpc) is 2.49. The zero-order valence-electron chi connectivity index (χ0n) is 13.2. The number of nitrogens with one attached hydrogen (secondary N) is 1. The molecule has 0 radical (unpaired) electrons. The van der Waals surface area contributed by atoms with Crippen LogP contribution in [0.2, 0.25) is 0 Å². The molecular formula is C17H23NO3. The fraction of sp³-hybridized carbons (Fsp3) is 0.412. The van der Waals surface area contributed by atoms with Gasteiger partial charge in [0.25, 0.3) is 5.56 Å². The zero-order valence-corrected chi connectivity index (χ0v) is 13.2. The van der Waals surface area contributed by atoms with Crippen LogP contribution < -0.4 is 5.56 Å². The summed E-state index contributed by atoms with van der Waals surface area (Å²) >= 11 is 0. The summed E-state index contributed by atoms with van der Waals surface area (Å²) in [5.74, 6) is -0.580. The van der Waals surface area contributed by atoms with Crippen LogP contribution in [0.15, 0.2) is 29.1 Å². The SMILES string of the molecule is CC.CCCc1ccc2cc(C(=O)OCC)c(=O)[nH]c2c1. The Balaban J connectivity index is 0.00000106. The Hall–Kier alpha value is -2.10. The van der Waals surface area contributed by atoms with E-state index in [-0.39, 0.29) is 12.2 Å². The minimum Gasteiger partial charge on any atom is -0.462 e. The molecule has 0 fully saturated rings. The first kappa shape index (κ1) is 17.0. The van der Waals surface area contributed by atoms with E-state index in [2.05, 4.69) is 11.9 Å². The summed E-state index contributed by atoms with van der Waals surface area (Å²) in [6.45, 7) is 8.08. The number of ether oxygens (including phenoxy) is 1. The monoisotopic (exact) mass is 289 g/mol. The summed E-state index contributed by atoms with van der Waals surface area (Å²) in [6, 6.07) is 7.47. The lowest BCUT2D eigenvalue weighted by Gasteiger charge is -2.05. The van der Waals surface area contributed by atoms with E-state index in [1.54, 1.807) is 13.0 Å². The number of fused-ring (bicyclic) bond motifs is 1. The molecule has 0 atom stereocenters. The van der Waals surface area contributed by atoms with Crippen molar-refractivity contribution in [3.63, 3.8) is 0 Å². The molecule has 1 heterocycles. The second-order valence-electron chi connectivity index (χ2n) is 4.40. The van der Waals surface area contributed by atoms with Gasteiger partial charge in [-0.15, -0.1) is 0 Å². The number of aromatic amines is 1. The molecule has 0 aliphatic rings. The standard InChI is InChI=1S/C15H17NO3.C2H6/c1-3-5-10-6-7-11-9-12(15(18)19-4-2)14(17)16-13(11)8-10;1-2/h6-9H,3-5H2,1-2H3,(H,16,17);1-2H3. The van der Waals surface area contributed by atoms with Gasteiger partial charge in [0.2, 0.25) is 0 Å². The van der Waals surface area contributed by atoms with E-state index in [1.807, 2.05) is 32.0 Å². The predicted molar refractivity (Wildman–Crippen MR) is 85.9 cm³/mol. The van der Waals surface area contributed by atoms with Gasteiger partial charge in [-0.2, -0.15) is 0 Å². The van der Waals surface area contributed by atoms with Gasteiger partial charge in [0.1, 0.15) is 5.56 Å². The molecule has 0 saturated heterocycles. The third-order valence-electron chi connectivity index (χ3n) is 2.94. The number of benzene rings is 1. The number of hydrogen-bond acceptors (Lipinski definition) is 3. The fourth-order valence-electron chi connectivity index (χ4n) is 2.05. The first-order valence-corrected chi connectivity index (χ1v) is 7.48. The summed E-state index contributed by atoms with van der Waals surface area (Å²) < 4.78 is 4.86. The molecule has 0 bridgehead atoms. The Morgan fingerprint density at radius 3 is 2.52 bits per heavy atom. The number of aromatic nitrogens is 1. The van der Waals surface area contributed by atoms with Crippen LogP contribution in [-0.4, -0.2) is 17.6 Å². The van der Waals surface area contributed by atoms with E-state index in [0.717, 1.165) is 23.7 Å². The van der Waals surface area contributed by atoms with E-state index in [9.17, 15) is 9.59 Å². The Bertz CT molecular complexity index is 659. The van der Waals surface area contributed by atoms with Gasteiger partial charge in [-0.25, -0.2) is 4.79 Å². The number of pyridine rings is 1. The number of aryl methyl sites for hydroxylation is 1. The number of rotatable bonds is 4. The Morgan fingerprint density at radius 1 is 1.19 bits per heavy atom. The van der Waals surface area contributed by atoms with Gasteiger partial charge in [-0.3, -0.25) is 4.79 Å². The van der Waals surface area contributed by atoms with Crippen LogP contribution in [0.5, 0.6) is 0 Å². The largest absolute Gasteiger partial charge is 0.462 e. The minimum atomic E-state index is -0.580. The number of carbonyl (C=O) groups is 1. The normalized spacial score (nSPS) is 9.90. The fourth-order valence-corrected chi connectivity index (χ4v) is 2.05. The number of hydrogen-bond donors (Lipinski definition) is 1. The van der Waals surface area contributed by atoms with Crippen molar-refractivity contribution in [2.75, 3.05) is 6.61 Å². The van der Waals surface area contributed by atoms with Crippen molar-refractivity contribution < 1.29 is 9.53 Å². The summed E-state index contributed by atoms with van der Waals surface area (Å²) in [4.78, 5) is 26.2. The van der Waals surface area contributed by atoms with Gasteiger partial charge < -0.3 is 9.72 Å². The van der Waals surface area contributed by atoms with Gasteiger partial charge in [0, 0.05) is 5.52 Å². The Morgan fingerprint density at radius 2 is 1.90 bits per heavy atom. The van der Waals surface area contributed by atoms with E-state index in [1.165, 1.54) is 5.56 Å². The number of H-pyrrole nitrogens is 1. The molecule has 2 aromatic rings. The van der Waals surface area contributed by atoms with E-state index >= 15 is 0 Å². The Kier molecular flexibility index (Phi) is 6.66. The molecule has 0 amide bonds. The van der Waals surface area contributed by atoms with Crippen molar-refractivity contribution in [2.24, 2.45) is 0 Å². The molecule has 0 aliphatic heterocycles. The van der Waals surface area contributed by atoms with Crippen LogP contribution in [-0.2, 0) is 11.2 Å². The van der Waals surface area contributed by atoms with E-state index in [4.69, 9.17) is 4.74 Å². The first-order valence-electron chi connectivity index (χ1n) is 7.48. The molecule has 21 heavy (non-hydrogen) atoms. The van der Waals surface area contributed by atoms with Crippen molar-refractivity contribution >= 4 is 16.9 Å². The van der Waals surface area contributed by atoms with E-state index < -0.39 is 11.5 Å². The molecule has 0 unspecified atom stereocenters. The number of carbonyl (C=O) groups excluding carboxylic acids is 1. The van der Waals surface area contributed by atoms with Crippen molar-refractivity contribution in [3.05, 3.63) is 45.7 Å². The molecule has 1 N–H and O–H groups in total. The predicted octanol–water partition coefficient (Wildman–Crippen LogP) is 3.68. The second-order valence-corrected chi connectivity index (χ2v) is 4.40. The van der Waals surface area contributed by atoms with Crippen LogP contribution in [0.1, 0.15) is 50.0 Å². The smallest absolute Gasteiger partial charge is 0.343 e. The van der Waals surface area contributed by atoms with Crippen molar-refractivity contribution in [3.8, 4) is 0 Å². The van der Waals surface area contributed by atoms with E-state index in [0.29, 0.717) is 0 Å². The molecule has 4 heteroatoms. The molecular weight excluding hydrogens is 266 g/mol. The molecule has 2 rings (SSSR count). The number of esters is 1. The maximum atomic E-state index is 11.9. The topological polar surface area (TPSA) is 59.2 Å². The summed E-state index contributed by atoms with van der Waals surface area (Å²) in [5.41, 5.74) is 1.58. The third kappa shape index (κ3) is 4.18. The molecule has 0 aliphatic carbocycles. The highest BCUT2D eigenvalue weighted by molar-refractivity contribution is 5.93. The van der Waals surface area contributed by atoms with Crippen molar-refractivity contribution in [1.29, 1.82) is 0 Å². The summed E-state index contributed by atoms with van der Waals surface area (Å²) in [6.07, 6.45) is 2.02. The molecule has 1 aromatic carbocycles. The minimum absolute atomic E-state index is 0.0533. The molecule has 0 saturated carbocycles. The van der Waals surface area contributed by atoms with Gasteiger partial charge in [-0.05, 0) is 36.4 Å². The van der Waals surface area contributed by atoms with Crippen LogP contribution in [0.3, 0.4) is 0 Å². The highest BCUT2D eigenvalue weighted by Gasteiger charge is 2.12.